The maximum atomic E-state index is 13.6. The molecule has 0 radical (unpaired) electrons. The maximum Gasteiger partial charge on any atom is 0.219 e. The largest absolute Gasteiger partial charge is 0.366 e. The number of H-pyrrole nitrogens is 1. The number of nitrogens with one attached hydrogen (secondary N) is 1. The second-order valence-electron chi connectivity index (χ2n) is 6.28. The van der Waals surface area contributed by atoms with E-state index >= 15 is 0 Å². The van der Waals surface area contributed by atoms with Gasteiger partial charge in [-0.2, -0.15) is 5.10 Å². The van der Waals surface area contributed by atoms with Crippen LogP contribution in [0.4, 0.5) is 8.78 Å². The average molecular weight is 364 g/mol. The molecule has 3 rings (SSSR count). The van der Waals surface area contributed by atoms with Gasteiger partial charge in [0.2, 0.25) is 5.91 Å². The van der Waals surface area contributed by atoms with Gasteiger partial charge in [-0.1, -0.05) is 6.07 Å². The molecule has 26 heavy (non-hydrogen) atoms. The fourth-order valence-corrected chi connectivity index (χ4v) is 3.04. The van der Waals surface area contributed by atoms with E-state index in [2.05, 4.69) is 15.1 Å². The molecule has 8 heteroatoms. The van der Waals surface area contributed by atoms with Gasteiger partial charge < -0.3 is 9.64 Å². The number of halogens is 2. The Hall–Kier alpha value is -2.32. The SMILES string of the molecule is CC(=O)N1CCN(CCOC(c2ccc(F)c(F)c2)c2ccn[nH]2)CC1. The lowest BCUT2D eigenvalue weighted by molar-refractivity contribution is -0.130. The molecule has 1 atom stereocenters. The summed E-state index contributed by atoms with van der Waals surface area (Å²) < 4.78 is 32.8. The Morgan fingerprint density at radius 2 is 2.00 bits per heavy atom. The van der Waals surface area contributed by atoms with E-state index in [1.807, 2.05) is 4.90 Å². The van der Waals surface area contributed by atoms with Crippen molar-refractivity contribution < 1.29 is 18.3 Å². The lowest BCUT2D eigenvalue weighted by atomic mass is 10.1. The molecule has 1 aliphatic rings. The number of ether oxygens (including phenoxy) is 1. The standard InChI is InChI=1S/C18H22F2N4O2/c1-13(25)24-8-6-23(7-9-24)10-11-26-18(17-4-5-21-22-17)14-2-3-15(19)16(20)12-14/h2-5,12,18H,6-11H2,1H3,(H,21,22). The number of hydrogen-bond acceptors (Lipinski definition) is 4. The highest BCUT2D eigenvalue weighted by molar-refractivity contribution is 5.73. The van der Waals surface area contributed by atoms with Crippen LogP contribution in [-0.4, -0.2) is 65.2 Å². The number of nitrogens with zero attached hydrogens (tertiary/aromatic N) is 3. The summed E-state index contributed by atoms with van der Waals surface area (Å²) in [5.41, 5.74) is 1.20. The summed E-state index contributed by atoms with van der Waals surface area (Å²) in [7, 11) is 0. The molecule has 6 nitrogen and oxygen atoms in total. The first-order chi connectivity index (χ1) is 12.5. The van der Waals surface area contributed by atoms with E-state index in [4.69, 9.17) is 4.74 Å². The van der Waals surface area contributed by atoms with Crippen LogP contribution < -0.4 is 0 Å². The number of hydrogen-bond donors (Lipinski definition) is 1. The summed E-state index contributed by atoms with van der Waals surface area (Å²) in [6, 6.07) is 5.50. The van der Waals surface area contributed by atoms with Crippen LogP contribution in [0.5, 0.6) is 0 Å². The molecular weight excluding hydrogens is 342 g/mol. The molecule has 1 amide bonds. The van der Waals surface area contributed by atoms with Crippen LogP contribution in [0.25, 0.3) is 0 Å². The molecule has 0 aliphatic carbocycles. The maximum absolute atomic E-state index is 13.6. The van der Waals surface area contributed by atoms with Crippen LogP contribution >= 0.6 is 0 Å². The van der Waals surface area contributed by atoms with E-state index in [9.17, 15) is 13.6 Å². The summed E-state index contributed by atoms with van der Waals surface area (Å²) in [4.78, 5) is 15.4. The first kappa shape index (κ1) is 18.5. The van der Waals surface area contributed by atoms with E-state index in [0.29, 0.717) is 37.5 Å². The van der Waals surface area contributed by atoms with Gasteiger partial charge in [-0.25, -0.2) is 8.78 Å². The lowest BCUT2D eigenvalue weighted by Gasteiger charge is -2.34. The van der Waals surface area contributed by atoms with Crippen LogP contribution in [-0.2, 0) is 9.53 Å². The van der Waals surface area contributed by atoms with Gasteiger partial charge in [-0.3, -0.25) is 14.8 Å². The second kappa shape index (κ2) is 8.37. The number of carbonyl (C=O) groups is 1. The minimum atomic E-state index is -0.907. The molecule has 2 aromatic rings. The monoisotopic (exact) mass is 364 g/mol. The molecule has 0 spiro atoms. The number of aromatic amines is 1. The zero-order valence-electron chi connectivity index (χ0n) is 14.6. The number of benzene rings is 1. The van der Waals surface area contributed by atoms with Gasteiger partial charge in [0, 0.05) is 45.8 Å². The molecule has 1 aliphatic heterocycles. The Morgan fingerprint density at radius 3 is 2.62 bits per heavy atom. The molecule has 1 fully saturated rings. The third-order valence-corrected chi connectivity index (χ3v) is 4.56. The molecule has 140 valence electrons. The van der Waals surface area contributed by atoms with Crippen molar-refractivity contribution in [3.8, 4) is 0 Å². The van der Waals surface area contributed by atoms with Crippen LogP contribution in [0.2, 0.25) is 0 Å². The number of amides is 1. The Kier molecular flexibility index (Phi) is 5.95. The number of carbonyl (C=O) groups excluding carboxylic acids is 1. The topological polar surface area (TPSA) is 61.5 Å². The van der Waals surface area contributed by atoms with Gasteiger partial charge in [0.05, 0.1) is 12.3 Å². The zero-order valence-corrected chi connectivity index (χ0v) is 14.6. The number of piperazine rings is 1. The Morgan fingerprint density at radius 1 is 1.23 bits per heavy atom. The zero-order chi connectivity index (χ0) is 18.5. The summed E-state index contributed by atoms with van der Waals surface area (Å²) in [5.74, 6) is -1.70. The highest BCUT2D eigenvalue weighted by Gasteiger charge is 2.21. The molecule has 1 aromatic heterocycles. The minimum absolute atomic E-state index is 0.0959. The van der Waals surface area contributed by atoms with E-state index in [-0.39, 0.29) is 5.91 Å². The normalized spacial score (nSPS) is 16.7. The Labute approximate surface area is 150 Å². The van der Waals surface area contributed by atoms with Crippen LogP contribution in [0.1, 0.15) is 24.3 Å². The van der Waals surface area contributed by atoms with Crippen LogP contribution in [0.3, 0.4) is 0 Å². The van der Waals surface area contributed by atoms with E-state index in [1.54, 1.807) is 19.2 Å². The second-order valence-corrected chi connectivity index (χ2v) is 6.28. The average Bonchev–Trinajstić information content (AvgIpc) is 3.16. The minimum Gasteiger partial charge on any atom is -0.366 e. The molecule has 0 saturated carbocycles. The van der Waals surface area contributed by atoms with Crippen LogP contribution in [0, 0.1) is 11.6 Å². The van der Waals surface area contributed by atoms with E-state index in [1.165, 1.54) is 6.07 Å². The van der Waals surface area contributed by atoms with E-state index < -0.39 is 17.7 Å². The smallest absolute Gasteiger partial charge is 0.219 e. The molecule has 1 unspecified atom stereocenters. The third kappa shape index (κ3) is 4.44. The van der Waals surface area contributed by atoms with Crippen molar-refractivity contribution in [1.29, 1.82) is 0 Å². The Balaban J connectivity index is 1.59. The van der Waals surface area contributed by atoms with Crippen molar-refractivity contribution in [3.05, 3.63) is 53.4 Å². The molecule has 1 aromatic carbocycles. The molecule has 1 N–H and O–H groups in total. The summed E-state index contributed by atoms with van der Waals surface area (Å²) in [6.07, 6.45) is 1.04. The molecule has 1 saturated heterocycles. The Bertz CT molecular complexity index is 731. The predicted octanol–water partition coefficient (Wildman–Crippen LogP) is 1.96. The lowest BCUT2D eigenvalue weighted by Crippen LogP contribution is -2.48. The first-order valence-electron chi connectivity index (χ1n) is 8.58. The fourth-order valence-electron chi connectivity index (χ4n) is 3.04. The fraction of sp³-hybridized carbons (Fsp3) is 0.444. The van der Waals surface area contributed by atoms with Crippen molar-refractivity contribution in [2.24, 2.45) is 0 Å². The van der Waals surface area contributed by atoms with Crippen molar-refractivity contribution in [2.75, 3.05) is 39.3 Å². The van der Waals surface area contributed by atoms with Gasteiger partial charge in [-0.15, -0.1) is 0 Å². The van der Waals surface area contributed by atoms with Gasteiger partial charge in [-0.05, 0) is 23.8 Å². The highest BCUT2D eigenvalue weighted by atomic mass is 19.2. The van der Waals surface area contributed by atoms with Gasteiger partial charge in [0.25, 0.3) is 0 Å². The van der Waals surface area contributed by atoms with Crippen molar-refractivity contribution >= 4 is 5.91 Å². The molecule has 0 bridgehead atoms. The number of aromatic nitrogens is 2. The van der Waals surface area contributed by atoms with Gasteiger partial charge in [0.1, 0.15) is 6.10 Å². The van der Waals surface area contributed by atoms with Crippen molar-refractivity contribution in [1.82, 2.24) is 20.0 Å². The van der Waals surface area contributed by atoms with E-state index in [0.717, 1.165) is 25.2 Å². The summed E-state index contributed by atoms with van der Waals surface area (Å²) in [5, 5.41) is 6.74. The van der Waals surface area contributed by atoms with Crippen molar-refractivity contribution in [3.63, 3.8) is 0 Å². The van der Waals surface area contributed by atoms with Crippen molar-refractivity contribution in [2.45, 2.75) is 13.0 Å². The predicted molar refractivity (Wildman–Crippen MR) is 91.4 cm³/mol. The first-order valence-corrected chi connectivity index (χ1v) is 8.58. The summed E-state index contributed by atoms with van der Waals surface area (Å²) >= 11 is 0. The molecular formula is C18H22F2N4O2. The molecule has 2 heterocycles. The van der Waals surface area contributed by atoms with Gasteiger partial charge in [0.15, 0.2) is 11.6 Å². The summed E-state index contributed by atoms with van der Waals surface area (Å²) in [6.45, 7) is 5.70. The quantitative estimate of drug-likeness (QED) is 0.851. The van der Waals surface area contributed by atoms with Gasteiger partial charge >= 0.3 is 0 Å². The van der Waals surface area contributed by atoms with Crippen LogP contribution in [0.15, 0.2) is 30.5 Å². The highest BCUT2D eigenvalue weighted by Crippen LogP contribution is 2.25. The number of rotatable bonds is 6. The third-order valence-electron chi connectivity index (χ3n) is 4.56.